The number of carbonyl (C=O) groups excluding carboxylic acids is 1. The average molecular weight is 250 g/mol. The number of amides is 1. The first-order valence-electron chi connectivity index (χ1n) is 6.19. The Hall–Kier alpha value is -1.55. The molecular formula is C14H22N2O2. The van der Waals surface area contributed by atoms with Crippen molar-refractivity contribution in [3.8, 4) is 5.75 Å². The first-order valence-corrected chi connectivity index (χ1v) is 6.19. The molecule has 2 N–H and O–H groups in total. The van der Waals surface area contributed by atoms with Crippen LogP contribution in [0, 0.1) is 5.92 Å². The molecule has 0 saturated carbocycles. The molecule has 4 heteroatoms. The van der Waals surface area contributed by atoms with Crippen LogP contribution in [-0.4, -0.2) is 26.1 Å². The van der Waals surface area contributed by atoms with Gasteiger partial charge in [-0.25, -0.2) is 0 Å². The van der Waals surface area contributed by atoms with Crippen LogP contribution in [0.15, 0.2) is 24.3 Å². The van der Waals surface area contributed by atoms with E-state index in [9.17, 15) is 4.79 Å². The van der Waals surface area contributed by atoms with Gasteiger partial charge in [0.1, 0.15) is 5.75 Å². The number of para-hydroxylation sites is 2. The van der Waals surface area contributed by atoms with Crippen molar-refractivity contribution >= 4 is 11.6 Å². The molecule has 18 heavy (non-hydrogen) atoms. The number of likely N-dealkylation sites (N-methyl/N-ethyl adjacent to an activating group) is 1. The lowest BCUT2D eigenvalue weighted by Crippen LogP contribution is -2.45. The quantitative estimate of drug-likeness (QED) is 0.870. The molecule has 4 nitrogen and oxygen atoms in total. The first kappa shape index (κ1) is 14.5. The number of anilines is 1. The highest BCUT2D eigenvalue weighted by Crippen LogP contribution is 2.27. The van der Waals surface area contributed by atoms with E-state index in [4.69, 9.17) is 10.5 Å². The predicted molar refractivity (Wildman–Crippen MR) is 73.8 cm³/mol. The topological polar surface area (TPSA) is 55.6 Å². The lowest BCUT2D eigenvalue weighted by Gasteiger charge is -2.25. The number of nitrogens with two attached hydrogens (primary N) is 1. The maximum Gasteiger partial charge on any atom is 0.244 e. The predicted octanol–water partition coefficient (Wildman–Crippen LogP) is 2.03. The summed E-state index contributed by atoms with van der Waals surface area (Å²) in [5.41, 5.74) is 6.71. The zero-order valence-corrected chi connectivity index (χ0v) is 11.5. The molecule has 0 aromatic heterocycles. The van der Waals surface area contributed by atoms with Gasteiger partial charge in [-0.3, -0.25) is 4.79 Å². The normalized spacial score (nSPS) is 13.8. The summed E-state index contributed by atoms with van der Waals surface area (Å²) in [5, 5.41) is 0. The van der Waals surface area contributed by atoms with Crippen LogP contribution in [0.1, 0.15) is 20.3 Å². The van der Waals surface area contributed by atoms with E-state index in [0.717, 1.165) is 12.1 Å². The Balaban J connectivity index is 2.93. The molecule has 2 atom stereocenters. The Kier molecular flexibility index (Phi) is 5.16. The molecule has 0 bridgehead atoms. The number of benzene rings is 1. The van der Waals surface area contributed by atoms with Gasteiger partial charge in [0, 0.05) is 7.05 Å². The Labute approximate surface area is 109 Å². The van der Waals surface area contributed by atoms with Crippen molar-refractivity contribution in [3.63, 3.8) is 0 Å². The van der Waals surface area contributed by atoms with Crippen LogP contribution in [0.2, 0.25) is 0 Å². The minimum Gasteiger partial charge on any atom is -0.495 e. The van der Waals surface area contributed by atoms with Crippen molar-refractivity contribution < 1.29 is 9.53 Å². The minimum absolute atomic E-state index is 0.0890. The zero-order chi connectivity index (χ0) is 13.7. The molecule has 0 radical (unpaired) electrons. The van der Waals surface area contributed by atoms with Crippen molar-refractivity contribution in [1.29, 1.82) is 0 Å². The Morgan fingerprint density at radius 2 is 2.06 bits per heavy atom. The summed E-state index contributed by atoms with van der Waals surface area (Å²) in [6.07, 6.45) is 0.882. The van der Waals surface area contributed by atoms with Crippen molar-refractivity contribution in [2.45, 2.75) is 26.3 Å². The molecule has 1 amide bonds. The van der Waals surface area contributed by atoms with Gasteiger partial charge in [-0.1, -0.05) is 32.4 Å². The second kappa shape index (κ2) is 6.40. The van der Waals surface area contributed by atoms with Crippen LogP contribution in [0.5, 0.6) is 5.75 Å². The van der Waals surface area contributed by atoms with Gasteiger partial charge in [0.2, 0.25) is 5.91 Å². The lowest BCUT2D eigenvalue weighted by atomic mass is 9.99. The Bertz CT molecular complexity index is 407. The summed E-state index contributed by atoms with van der Waals surface area (Å²) in [6, 6.07) is 6.93. The molecule has 100 valence electrons. The summed E-state index contributed by atoms with van der Waals surface area (Å²) < 4.78 is 5.25. The van der Waals surface area contributed by atoms with Crippen molar-refractivity contribution in [2.24, 2.45) is 11.7 Å². The second-order valence-electron chi connectivity index (χ2n) is 4.48. The third-order valence-electron chi connectivity index (χ3n) is 3.32. The third kappa shape index (κ3) is 3.01. The van der Waals surface area contributed by atoms with Crippen molar-refractivity contribution in [2.75, 3.05) is 19.1 Å². The van der Waals surface area contributed by atoms with Gasteiger partial charge < -0.3 is 15.4 Å². The maximum absolute atomic E-state index is 12.3. The first-order chi connectivity index (χ1) is 8.52. The molecule has 0 unspecified atom stereocenters. The van der Waals surface area contributed by atoms with Crippen LogP contribution in [0.3, 0.4) is 0 Å². The Morgan fingerprint density at radius 3 is 2.61 bits per heavy atom. The van der Waals surface area contributed by atoms with Crippen LogP contribution in [-0.2, 0) is 4.79 Å². The van der Waals surface area contributed by atoms with E-state index in [2.05, 4.69) is 0 Å². The van der Waals surface area contributed by atoms with Crippen molar-refractivity contribution in [1.82, 2.24) is 0 Å². The molecule has 0 heterocycles. The SMILES string of the molecule is CC[C@H](C)[C@H](N)C(=O)N(C)c1ccccc1OC. The number of nitrogens with zero attached hydrogens (tertiary/aromatic N) is 1. The van der Waals surface area contributed by atoms with E-state index in [0.29, 0.717) is 5.75 Å². The summed E-state index contributed by atoms with van der Waals surface area (Å²) in [4.78, 5) is 13.8. The molecule has 0 aliphatic rings. The van der Waals surface area contributed by atoms with Gasteiger partial charge in [-0.2, -0.15) is 0 Å². The van der Waals surface area contributed by atoms with Crippen molar-refractivity contribution in [3.05, 3.63) is 24.3 Å². The number of hydrogen-bond acceptors (Lipinski definition) is 3. The second-order valence-corrected chi connectivity index (χ2v) is 4.48. The number of ether oxygens (including phenoxy) is 1. The fourth-order valence-corrected chi connectivity index (χ4v) is 1.75. The average Bonchev–Trinajstić information content (AvgIpc) is 2.43. The standard InChI is InChI=1S/C14H22N2O2/c1-5-10(2)13(15)14(17)16(3)11-8-6-7-9-12(11)18-4/h6-10,13H,5,15H2,1-4H3/t10-,13-/m0/s1. The number of hydrogen-bond donors (Lipinski definition) is 1. The van der Waals surface area contributed by atoms with Crippen LogP contribution < -0.4 is 15.4 Å². The summed E-state index contributed by atoms with van der Waals surface area (Å²) in [5.74, 6) is 0.744. The highest BCUT2D eigenvalue weighted by Gasteiger charge is 2.24. The highest BCUT2D eigenvalue weighted by molar-refractivity contribution is 5.97. The molecule has 0 aliphatic heterocycles. The highest BCUT2D eigenvalue weighted by atomic mass is 16.5. The van der Waals surface area contributed by atoms with E-state index in [1.807, 2.05) is 38.1 Å². The van der Waals surface area contributed by atoms with Crippen LogP contribution in [0.4, 0.5) is 5.69 Å². The molecular weight excluding hydrogens is 228 g/mol. The molecule has 1 aromatic rings. The number of rotatable bonds is 5. The summed E-state index contributed by atoms with van der Waals surface area (Å²) >= 11 is 0. The van der Waals surface area contributed by atoms with E-state index in [1.165, 1.54) is 0 Å². The van der Waals surface area contributed by atoms with E-state index in [1.54, 1.807) is 19.1 Å². The maximum atomic E-state index is 12.3. The monoisotopic (exact) mass is 250 g/mol. The molecule has 1 aromatic carbocycles. The van der Waals surface area contributed by atoms with Gasteiger partial charge in [-0.05, 0) is 18.1 Å². The van der Waals surface area contributed by atoms with Gasteiger partial charge in [0.05, 0.1) is 18.8 Å². The fraction of sp³-hybridized carbons (Fsp3) is 0.500. The smallest absolute Gasteiger partial charge is 0.244 e. The minimum atomic E-state index is -0.482. The van der Waals surface area contributed by atoms with E-state index in [-0.39, 0.29) is 11.8 Å². The largest absolute Gasteiger partial charge is 0.495 e. The summed E-state index contributed by atoms with van der Waals surface area (Å²) in [6.45, 7) is 4.01. The number of carbonyl (C=O) groups is 1. The zero-order valence-electron chi connectivity index (χ0n) is 11.5. The molecule has 0 spiro atoms. The van der Waals surface area contributed by atoms with Gasteiger partial charge in [0.25, 0.3) is 0 Å². The van der Waals surface area contributed by atoms with Gasteiger partial charge >= 0.3 is 0 Å². The molecule has 0 aliphatic carbocycles. The lowest BCUT2D eigenvalue weighted by molar-refractivity contribution is -0.120. The van der Waals surface area contributed by atoms with Gasteiger partial charge in [0.15, 0.2) is 0 Å². The third-order valence-corrected chi connectivity index (χ3v) is 3.32. The summed E-state index contributed by atoms with van der Waals surface area (Å²) in [7, 11) is 3.31. The molecule has 0 saturated heterocycles. The fourth-order valence-electron chi connectivity index (χ4n) is 1.75. The Morgan fingerprint density at radius 1 is 1.44 bits per heavy atom. The van der Waals surface area contributed by atoms with Crippen LogP contribution >= 0.6 is 0 Å². The van der Waals surface area contributed by atoms with Gasteiger partial charge in [-0.15, -0.1) is 0 Å². The van der Waals surface area contributed by atoms with E-state index < -0.39 is 6.04 Å². The number of methoxy groups -OCH3 is 1. The molecule has 1 rings (SSSR count). The van der Waals surface area contributed by atoms with E-state index >= 15 is 0 Å². The molecule has 0 fully saturated rings. The van der Waals surface area contributed by atoms with Crippen LogP contribution in [0.25, 0.3) is 0 Å².